The number of hydrogen-bond donors (Lipinski definition) is 3. The molecular formula is C11H20N2O3. The van der Waals surface area contributed by atoms with Gasteiger partial charge in [0.05, 0.1) is 6.42 Å². The second-order valence-corrected chi connectivity index (χ2v) is 4.09. The normalized spacial score (nSPS) is 14.0. The highest BCUT2D eigenvalue weighted by molar-refractivity contribution is 5.76. The largest absolute Gasteiger partial charge is 0.481 e. The first-order chi connectivity index (χ1) is 7.36. The maximum Gasteiger partial charge on any atom is 0.315 e. The van der Waals surface area contributed by atoms with Gasteiger partial charge in [0, 0.05) is 12.1 Å². The fourth-order valence-electron chi connectivity index (χ4n) is 1.12. The summed E-state index contributed by atoms with van der Waals surface area (Å²) in [6, 6.07) is -0.875. The second-order valence-electron chi connectivity index (χ2n) is 4.09. The molecule has 0 aromatic heterocycles. The van der Waals surface area contributed by atoms with Crippen LogP contribution in [0, 0.1) is 5.92 Å². The minimum absolute atomic E-state index is 0.0703. The van der Waals surface area contributed by atoms with E-state index in [2.05, 4.69) is 17.2 Å². The maximum atomic E-state index is 11.4. The van der Waals surface area contributed by atoms with Gasteiger partial charge in [-0.3, -0.25) is 4.79 Å². The monoisotopic (exact) mass is 228 g/mol. The Bertz CT molecular complexity index is 264. The highest BCUT2D eigenvalue weighted by Gasteiger charge is 2.19. The van der Waals surface area contributed by atoms with Crippen molar-refractivity contribution in [2.24, 2.45) is 5.92 Å². The molecule has 0 bridgehead atoms. The standard InChI is InChI=1S/C11H20N2O3/c1-5-8(4)12-11(16)13-9(7(2)3)6-10(14)15/h5,7-9H,1,6H2,2-4H3,(H,14,15)(H2,12,13,16). The molecule has 0 aliphatic carbocycles. The number of carbonyl (C=O) groups is 2. The van der Waals surface area contributed by atoms with Gasteiger partial charge in [0.15, 0.2) is 0 Å². The van der Waals surface area contributed by atoms with Gasteiger partial charge in [-0.1, -0.05) is 19.9 Å². The zero-order chi connectivity index (χ0) is 12.7. The van der Waals surface area contributed by atoms with E-state index in [4.69, 9.17) is 5.11 Å². The molecule has 0 aliphatic heterocycles. The zero-order valence-electron chi connectivity index (χ0n) is 9.99. The average Bonchev–Trinajstić information content (AvgIpc) is 2.15. The van der Waals surface area contributed by atoms with Crippen LogP contribution in [0.15, 0.2) is 12.7 Å². The molecule has 0 aliphatic rings. The summed E-state index contributed by atoms with van der Waals surface area (Å²) < 4.78 is 0. The number of carboxylic acid groups (broad SMARTS) is 1. The lowest BCUT2D eigenvalue weighted by atomic mass is 10.0. The van der Waals surface area contributed by atoms with Crippen LogP contribution >= 0.6 is 0 Å². The Morgan fingerprint density at radius 1 is 1.31 bits per heavy atom. The predicted octanol–water partition coefficient (Wildman–Crippen LogP) is 1.36. The minimum Gasteiger partial charge on any atom is -0.481 e. The molecule has 3 N–H and O–H groups in total. The Morgan fingerprint density at radius 3 is 2.25 bits per heavy atom. The van der Waals surface area contributed by atoms with Crippen molar-refractivity contribution in [3.8, 4) is 0 Å². The molecule has 0 aromatic carbocycles. The summed E-state index contributed by atoms with van der Waals surface area (Å²) in [7, 11) is 0. The van der Waals surface area contributed by atoms with Gasteiger partial charge in [0.2, 0.25) is 0 Å². The molecule has 2 amide bonds. The summed E-state index contributed by atoms with van der Waals surface area (Å²) in [5.74, 6) is -0.850. The van der Waals surface area contributed by atoms with Gasteiger partial charge >= 0.3 is 12.0 Å². The smallest absolute Gasteiger partial charge is 0.315 e. The highest BCUT2D eigenvalue weighted by Crippen LogP contribution is 2.05. The van der Waals surface area contributed by atoms with E-state index in [-0.39, 0.29) is 30.5 Å². The summed E-state index contributed by atoms with van der Waals surface area (Å²) in [6.45, 7) is 9.06. The molecule has 0 rings (SSSR count). The van der Waals surface area contributed by atoms with Crippen molar-refractivity contribution in [3.63, 3.8) is 0 Å². The van der Waals surface area contributed by atoms with Gasteiger partial charge in [-0.25, -0.2) is 4.79 Å². The van der Waals surface area contributed by atoms with Crippen molar-refractivity contribution >= 4 is 12.0 Å². The van der Waals surface area contributed by atoms with Gasteiger partial charge in [0.25, 0.3) is 0 Å². The lowest BCUT2D eigenvalue weighted by Crippen LogP contribution is -2.47. The van der Waals surface area contributed by atoms with Crippen LogP contribution in [-0.4, -0.2) is 29.2 Å². The molecule has 2 atom stereocenters. The number of amides is 2. The molecule has 0 fully saturated rings. The molecule has 0 saturated carbocycles. The summed E-state index contributed by atoms with van der Waals surface area (Å²) in [5.41, 5.74) is 0. The van der Waals surface area contributed by atoms with E-state index in [1.165, 1.54) is 0 Å². The Hall–Kier alpha value is -1.52. The Labute approximate surface area is 95.9 Å². The molecule has 0 radical (unpaired) electrons. The van der Waals surface area contributed by atoms with E-state index in [1.54, 1.807) is 13.0 Å². The maximum absolute atomic E-state index is 11.4. The van der Waals surface area contributed by atoms with Crippen molar-refractivity contribution in [1.29, 1.82) is 0 Å². The van der Waals surface area contributed by atoms with E-state index in [1.807, 2.05) is 13.8 Å². The molecule has 0 spiro atoms. The fourth-order valence-corrected chi connectivity index (χ4v) is 1.12. The van der Waals surface area contributed by atoms with Crippen molar-refractivity contribution in [1.82, 2.24) is 10.6 Å². The minimum atomic E-state index is -0.921. The summed E-state index contributed by atoms with van der Waals surface area (Å²) in [6.07, 6.45) is 1.52. The van der Waals surface area contributed by atoms with E-state index in [9.17, 15) is 9.59 Å². The first-order valence-corrected chi connectivity index (χ1v) is 5.28. The van der Waals surface area contributed by atoms with Crippen LogP contribution in [0.4, 0.5) is 4.79 Å². The molecule has 5 nitrogen and oxygen atoms in total. The zero-order valence-corrected chi connectivity index (χ0v) is 9.99. The quantitative estimate of drug-likeness (QED) is 0.601. The summed E-state index contributed by atoms with van der Waals surface area (Å²) >= 11 is 0. The Balaban J connectivity index is 4.23. The molecule has 0 saturated heterocycles. The number of hydrogen-bond acceptors (Lipinski definition) is 2. The third kappa shape index (κ3) is 6.06. The molecule has 92 valence electrons. The number of urea groups is 1. The number of nitrogens with one attached hydrogen (secondary N) is 2. The van der Waals surface area contributed by atoms with Crippen molar-refractivity contribution in [2.75, 3.05) is 0 Å². The Morgan fingerprint density at radius 2 is 1.88 bits per heavy atom. The number of carboxylic acids is 1. The van der Waals surface area contributed by atoms with Gasteiger partial charge in [-0.15, -0.1) is 6.58 Å². The molecule has 0 aromatic rings. The van der Waals surface area contributed by atoms with Crippen LogP contribution in [0.2, 0.25) is 0 Å². The first kappa shape index (κ1) is 14.5. The van der Waals surface area contributed by atoms with Crippen LogP contribution < -0.4 is 10.6 Å². The molecule has 2 unspecified atom stereocenters. The summed E-state index contributed by atoms with van der Waals surface area (Å²) in [4.78, 5) is 22.0. The second kappa shape index (κ2) is 6.87. The van der Waals surface area contributed by atoms with Crippen LogP contribution in [0.1, 0.15) is 27.2 Å². The van der Waals surface area contributed by atoms with E-state index in [0.717, 1.165) is 0 Å². The fraction of sp³-hybridized carbons (Fsp3) is 0.636. The van der Waals surface area contributed by atoms with Crippen LogP contribution in [0.3, 0.4) is 0 Å². The molecule has 0 heterocycles. The van der Waals surface area contributed by atoms with Crippen LogP contribution in [-0.2, 0) is 4.79 Å². The molecule has 16 heavy (non-hydrogen) atoms. The predicted molar refractivity (Wildman–Crippen MR) is 62.2 cm³/mol. The van der Waals surface area contributed by atoms with Gasteiger partial charge in [-0.05, 0) is 12.8 Å². The van der Waals surface area contributed by atoms with E-state index in [0.29, 0.717) is 0 Å². The van der Waals surface area contributed by atoms with Crippen molar-refractivity contribution in [3.05, 3.63) is 12.7 Å². The average molecular weight is 228 g/mol. The molecule has 5 heteroatoms. The first-order valence-electron chi connectivity index (χ1n) is 5.28. The number of aliphatic carboxylic acids is 1. The van der Waals surface area contributed by atoms with Crippen molar-refractivity contribution < 1.29 is 14.7 Å². The lowest BCUT2D eigenvalue weighted by molar-refractivity contribution is -0.137. The van der Waals surface area contributed by atoms with Gasteiger partial charge in [0.1, 0.15) is 0 Å². The van der Waals surface area contributed by atoms with Gasteiger partial charge < -0.3 is 15.7 Å². The third-order valence-electron chi connectivity index (χ3n) is 2.23. The topological polar surface area (TPSA) is 78.4 Å². The van der Waals surface area contributed by atoms with Crippen LogP contribution in [0.25, 0.3) is 0 Å². The number of carbonyl (C=O) groups excluding carboxylic acids is 1. The lowest BCUT2D eigenvalue weighted by Gasteiger charge is -2.21. The van der Waals surface area contributed by atoms with Gasteiger partial charge in [-0.2, -0.15) is 0 Å². The number of rotatable bonds is 6. The highest BCUT2D eigenvalue weighted by atomic mass is 16.4. The SMILES string of the molecule is C=CC(C)NC(=O)NC(CC(=O)O)C(C)C. The van der Waals surface area contributed by atoms with Crippen molar-refractivity contribution in [2.45, 2.75) is 39.3 Å². The van der Waals surface area contributed by atoms with E-state index < -0.39 is 5.97 Å². The summed E-state index contributed by atoms with van der Waals surface area (Å²) in [5, 5.41) is 13.9. The Kier molecular flexibility index (Phi) is 6.22. The van der Waals surface area contributed by atoms with Crippen LogP contribution in [0.5, 0.6) is 0 Å². The molecular weight excluding hydrogens is 208 g/mol. The third-order valence-corrected chi connectivity index (χ3v) is 2.23. The van der Waals surface area contributed by atoms with E-state index >= 15 is 0 Å².